The summed E-state index contributed by atoms with van der Waals surface area (Å²) in [6.45, 7) is 11.4. The maximum absolute atomic E-state index is 6.01. The normalized spacial score (nSPS) is 18.7. The zero-order chi connectivity index (χ0) is 35.4. The van der Waals surface area contributed by atoms with E-state index in [1.807, 2.05) is 76.2 Å². The van der Waals surface area contributed by atoms with E-state index < -0.39 is 12.6 Å². The molecule has 0 bridgehead atoms. The monoisotopic (exact) mass is 698 g/mol. The van der Waals surface area contributed by atoms with Crippen molar-refractivity contribution < 1.29 is 42.6 Å². The minimum Gasteiger partial charge on any atom is -0.491 e. The Kier molecular flexibility index (Phi) is 13.2. The number of ether oxygens (including phenoxy) is 9. The van der Waals surface area contributed by atoms with Gasteiger partial charge in [0.1, 0.15) is 48.4 Å². The van der Waals surface area contributed by atoms with E-state index in [0.717, 1.165) is 49.1 Å². The lowest BCUT2D eigenvalue weighted by molar-refractivity contribution is -0.143. The summed E-state index contributed by atoms with van der Waals surface area (Å²) in [5, 5.41) is 0. The van der Waals surface area contributed by atoms with Crippen LogP contribution in [0.4, 0.5) is 0 Å². The molecule has 0 aliphatic carbocycles. The predicted molar refractivity (Wildman–Crippen MR) is 194 cm³/mol. The SMILES string of the molecule is CC(COC(C)Oc1ccc(Cc2ccc(OCC3CO3)cc2)cc1)OCC(C)OC(C)Oc1ccc(Cc2ccc(OCC3CO3)cc2)cc1. The standard InChI is InChI=1S/C42H50O9/c1-29(23-44-31(3)50-39-17-9-35(10-18-39)21-33-5-13-37(14-6-33)45-25-41-27-47-41)43-24-30(2)49-32(4)51-40-19-11-36(12-20-40)22-34-7-15-38(16-8-34)46-26-42-28-48-42/h5-20,29-32,41-42H,21-28H2,1-4H3. The Morgan fingerprint density at radius 2 is 0.863 bits per heavy atom. The van der Waals surface area contributed by atoms with E-state index in [1.54, 1.807) is 0 Å². The van der Waals surface area contributed by atoms with Crippen molar-refractivity contribution in [2.24, 2.45) is 0 Å². The highest BCUT2D eigenvalue weighted by molar-refractivity contribution is 5.35. The average molecular weight is 699 g/mol. The zero-order valence-electron chi connectivity index (χ0n) is 30.0. The minimum atomic E-state index is -0.429. The Morgan fingerprint density at radius 3 is 1.27 bits per heavy atom. The van der Waals surface area contributed by atoms with Crippen LogP contribution in [0, 0.1) is 0 Å². The van der Waals surface area contributed by atoms with Crippen LogP contribution >= 0.6 is 0 Å². The van der Waals surface area contributed by atoms with Gasteiger partial charge in [-0.2, -0.15) is 0 Å². The minimum absolute atomic E-state index is 0.131. The molecule has 51 heavy (non-hydrogen) atoms. The summed E-state index contributed by atoms with van der Waals surface area (Å²) in [4.78, 5) is 0. The van der Waals surface area contributed by atoms with Gasteiger partial charge in [0.05, 0.1) is 38.6 Å². The van der Waals surface area contributed by atoms with Crippen molar-refractivity contribution in [1.82, 2.24) is 0 Å². The third-order valence-electron chi connectivity index (χ3n) is 8.40. The molecule has 2 aliphatic heterocycles. The summed E-state index contributed by atoms with van der Waals surface area (Å²) in [7, 11) is 0. The number of rotatable bonds is 22. The van der Waals surface area contributed by atoms with Crippen LogP contribution in [0.1, 0.15) is 49.9 Å². The fourth-order valence-corrected chi connectivity index (χ4v) is 5.39. The maximum Gasteiger partial charge on any atom is 0.197 e. The summed E-state index contributed by atoms with van der Waals surface area (Å²) in [5.41, 5.74) is 4.84. The van der Waals surface area contributed by atoms with Gasteiger partial charge in [0.15, 0.2) is 12.6 Å². The van der Waals surface area contributed by atoms with Gasteiger partial charge >= 0.3 is 0 Å². The Balaban J connectivity index is 0.824. The van der Waals surface area contributed by atoms with Gasteiger partial charge in [-0.1, -0.05) is 48.5 Å². The lowest BCUT2D eigenvalue weighted by Crippen LogP contribution is -2.29. The van der Waals surface area contributed by atoms with Gasteiger partial charge in [0.25, 0.3) is 0 Å². The first-order valence-corrected chi connectivity index (χ1v) is 17.9. The van der Waals surface area contributed by atoms with Crippen molar-refractivity contribution in [1.29, 1.82) is 0 Å². The highest BCUT2D eigenvalue weighted by Crippen LogP contribution is 2.22. The third-order valence-corrected chi connectivity index (χ3v) is 8.40. The molecule has 0 radical (unpaired) electrons. The first-order chi connectivity index (χ1) is 24.8. The number of epoxide rings is 2. The second kappa shape index (κ2) is 18.4. The van der Waals surface area contributed by atoms with Crippen LogP contribution in [0.5, 0.6) is 23.0 Å². The molecule has 2 aliphatic rings. The van der Waals surface area contributed by atoms with Crippen molar-refractivity contribution in [2.45, 2.75) is 77.5 Å². The molecule has 0 spiro atoms. The van der Waals surface area contributed by atoms with Crippen LogP contribution in [0.3, 0.4) is 0 Å². The smallest absolute Gasteiger partial charge is 0.197 e. The molecule has 0 saturated carbocycles. The molecule has 2 saturated heterocycles. The van der Waals surface area contributed by atoms with Gasteiger partial charge in [0.2, 0.25) is 0 Å². The lowest BCUT2D eigenvalue weighted by Gasteiger charge is -2.23. The molecule has 6 unspecified atom stereocenters. The molecule has 9 nitrogen and oxygen atoms in total. The van der Waals surface area contributed by atoms with E-state index in [0.29, 0.717) is 26.4 Å². The predicted octanol–water partition coefficient (Wildman–Crippen LogP) is 7.40. The van der Waals surface area contributed by atoms with Crippen LogP contribution in [-0.2, 0) is 36.5 Å². The summed E-state index contributed by atoms with van der Waals surface area (Å²) in [6, 6.07) is 32.6. The van der Waals surface area contributed by atoms with Gasteiger partial charge < -0.3 is 42.6 Å². The first-order valence-electron chi connectivity index (χ1n) is 17.9. The van der Waals surface area contributed by atoms with Crippen molar-refractivity contribution in [3.8, 4) is 23.0 Å². The number of benzene rings is 4. The van der Waals surface area contributed by atoms with Crippen molar-refractivity contribution in [3.63, 3.8) is 0 Å². The van der Waals surface area contributed by atoms with Crippen molar-refractivity contribution in [2.75, 3.05) is 39.6 Å². The van der Waals surface area contributed by atoms with Gasteiger partial charge in [-0.25, -0.2) is 0 Å². The van der Waals surface area contributed by atoms with E-state index >= 15 is 0 Å². The van der Waals surface area contributed by atoms with E-state index in [-0.39, 0.29) is 24.4 Å². The molecule has 2 heterocycles. The van der Waals surface area contributed by atoms with Crippen LogP contribution in [0.2, 0.25) is 0 Å². The molecule has 4 aromatic carbocycles. The average Bonchev–Trinajstić information content (AvgIpc) is 4.07. The molecule has 272 valence electrons. The Bertz CT molecular complexity index is 1580. The van der Waals surface area contributed by atoms with Crippen LogP contribution < -0.4 is 18.9 Å². The lowest BCUT2D eigenvalue weighted by atomic mass is 10.0. The second-order valence-corrected chi connectivity index (χ2v) is 13.3. The summed E-state index contributed by atoms with van der Waals surface area (Å²) in [5.74, 6) is 3.25. The van der Waals surface area contributed by atoms with Crippen molar-refractivity contribution >= 4 is 0 Å². The highest BCUT2D eigenvalue weighted by atomic mass is 16.7. The Morgan fingerprint density at radius 1 is 0.490 bits per heavy atom. The molecule has 6 atom stereocenters. The van der Waals surface area contributed by atoms with Crippen LogP contribution in [0.25, 0.3) is 0 Å². The Labute approximate surface area is 301 Å². The maximum atomic E-state index is 6.01. The molecular weight excluding hydrogens is 648 g/mol. The molecule has 0 N–H and O–H groups in total. The molecule has 0 amide bonds. The topological polar surface area (TPSA) is 89.7 Å². The second-order valence-electron chi connectivity index (χ2n) is 13.3. The summed E-state index contributed by atoms with van der Waals surface area (Å²) < 4.78 is 51.7. The van der Waals surface area contributed by atoms with Gasteiger partial charge in [-0.05, 0) is 111 Å². The largest absolute Gasteiger partial charge is 0.491 e. The zero-order valence-corrected chi connectivity index (χ0v) is 30.0. The van der Waals surface area contributed by atoms with E-state index in [1.165, 1.54) is 22.3 Å². The molecule has 2 fully saturated rings. The fourth-order valence-electron chi connectivity index (χ4n) is 5.39. The summed E-state index contributed by atoms with van der Waals surface area (Å²) >= 11 is 0. The first kappa shape index (κ1) is 36.7. The van der Waals surface area contributed by atoms with Crippen molar-refractivity contribution in [3.05, 3.63) is 119 Å². The quantitative estimate of drug-likeness (QED) is 0.0616. The molecule has 0 aromatic heterocycles. The van der Waals surface area contributed by atoms with E-state index in [2.05, 4.69) is 48.5 Å². The molecule has 6 rings (SSSR count). The fraction of sp³-hybridized carbons (Fsp3) is 0.429. The third kappa shape index (κ3) is 13.2. The van der Waals surface area contributed by atoms with Gasteiger partial charge in [-0.3, -0.25) is 0 Å². The molecule has 9 heteroatoms. The number of hydrogen-bond acceptors (Lipinski definition) is 9. The van der Waals surface area contributed by atoms with E-state index in [4.69, 9.17) is 42.6 Å². The Hall–Kier alpha value is -4.12. The van der Waals surface area contributed by atoms with E-state index in [9.17, 15) is 0 Å². The van der Waals surface area contributed by atoms with Gasteiger partial charge in [0, 0.05) is 0 Å². The highest BCUT2D eigenvalue weighted by Gasteiger charge is 2.23. The molecule has 4 aromatic rings. The molecular formula is C42H50O9. The van der Waals surface area contributed by atoms with Crippen LogP contribution in [-0.4, -0.2) is 76.6 Å². The number of hydrogen-bond donors (Lipinski definition) is 0. The van der Waals surface area contributed by atoms with Crippen LogP contribution in [0.15, 0.2) is 97.1 Å². The summed E-state index contributed by atoms with van der Waals surface area (Å²) in [6.07, 6.45) is 1.03. The van der Waals surface area contributed by atoms with Gasteiger partial charge in [-0.15, -0.1) is 0 Å².